The van der Waals surface area contributed by atoms with Crippen molar-refractivity contribution in [2.75, 3.05) is 0 Å². The largest absolute Gasteiger partial charge is 0.453 e. The van der Waals surface area contributed by atoms with Crippen LogP contribution in [0.3, 0.4) is 0 Å². The van der Waals surface area contributed by atoms with Gasteiger partial charge in [0.15, 0.2) is 0 Å². The van der Waals surface area contributed by atoms with Crippen molar-refractivity contribution in [3.63, 3.8) is 0 Å². The Morgan fingerprint density at radius 3 is 2.43 bits per heavy atom. The molecule has 1 heterocycles. The fourth-order valence-corrected chi connectivity index (χ4v) is 1.01. The van der Waals surface area contributed by atoms with Crippen molar-refractivity contribution in [2.24, 2.45) is 0 Å². The van der Waals surface area contributed by atoms with Gasteiger partial charge in [-0.05, 0) is 4.92 Å². The highest BCUT2D eigenvalue weighted by Gasteiger charge is 2.35. The van der Waals surface area contributed by atoms with Gasteiger partial charge in [-0.2, -0.15) is 13.2 Å². The van der Waals surface area contributed by atoms with E-state index in [1.54, 1.807) is 4.98 Å². The first kappa shape index (κ1) is 10.6. The molecule has 0 aliphatic heterocycles. The van der Waals surface area contributed by atoms with Gasteiger partial charge in [-0.3, -0.25) is 0 Å². The van der Waals surface area contributed by atoms with Gasteiger partial charge in [-0.1, -0.05) is 12.2 Å². The Bertz CT molecular complexity index is 426. The Balaban J connectivity index is 3.35. The molecule has 1 aromatic heterocycles. The first-order valence-electron chi connectivity index (χ1n) is 3.26. The first-order chi connectivity index (χ1) is 6.30. The van der Waals surface area contributed by atoms with Crippen LogP contribution in [0.4, 0.5) is 19.0 Å². The number of halogens is 3. The predicted octanol–water partition coefficient (Wildman–Crippen LogP) is 2.67. The fourth-order valence-electron chi connectivity index (χ4n) is 0.780. The van der Waals surface area contributed by atoms with E-state index < -0.39 is 22.6 Å². The van der Waals surface area contributed by atoms with E-state index in [4.69, 9.17) is 0 Å². The van der Waals surface area contributed by atoms with Crippen LogP contribution in [0.15, 0.2) is 12.1 Å². The normalized spacial score (nSPS) is 11.4. The van der Waals surface area contributed by atoms with Gasteiger partial charge in [0.2, 0.25) is 5.69 Å². The van der Waals surface area contributed by atoms with Crippen LogP contribution in [0, 0.1) is 14.6 Å². The van der Waals surface area contributed by atoms with Crippen LogP contribution in [0.25, 0.3) is 0 Å². The van der Waals surface area contributed by atoms with Crippen LogP contribution in [-0.2, 0) is 6.18 Å². The summed E-state index contributed by atoms with van der Waals surface area (Å²) in [6.45, 7) is 0. The van der Waals surface area contributed by atoms with Gasteiger partial charge in [-0.15, -0.1) is 0 Å². The predicted molar refractivity (Wildman–Crippen MR) is 43.3 cm³/mol. The second kappa shape index (κ2) is 3.37. The molecule has 0 atom stereocenters. The van der Waals surface area contributed by atoms with Crippen molar-refractivity contribution >= 4 is 18.0 Å². The maximum atomic E-state index is 12.1. The third-order valence-electron chi connectivity index (χ3n) is 1.33. The van der Waals surface area contributed by atoms with Crippen LogP contribution in [0.2, 0.25) is 0 Å². The Hall–Kier alpha value is -1.44. The lowest BCUT2D eigenvalue weighted by Gasteiger charge is -2.03. The zero-order valence-corrected chi connectivity index (χ0v) is 7.28. The van der Waals surface area contributed by atoms with E-state index >= 15 is 0 Å². The number of nitrogens with zero attached hydrogens (tertiary/aromatic N) is 1. The number of hydrogen-bond donors (Lipinski definition) is 1. The molecule has 0 aliphatic carbocycles. The summed E-state index contributed by atoms with van der Waals surface area (Å²) in [5, 5.41) is 10.2. The SMILES string of the molecule is O=[N+]([O-])c1cc(=S)cc(C(F)(F)F)[nH]1. The summed E-state index contributed by atoms with van der Waals surface area (Å²) in [5.74, 6) is -0.773. The van der Waals surface area contributed by atoms with E-state index in [0.717, 1.165) is 6.07 Å². The summed E-state index contributed by atoms with van der Waals surface area (Å²) >= 11 is 4.45. The molecule has 0 amide bonds. The number of pyridine rings is 1. The van der Waals surface area contributed by atoms with Crippen LogP contribution in [-0.4, -0.2) is 9.91 Å². The molecule has 76 valence electrons. The van der Waals surface area contributed by atoms with Crippen molar-refractivity contribution in [1.29, 1.82) is 0 Å². The van der Waals surface area contributed by atoms with Gasteiger partial charge in [0.05, 0.1) is 4.51 Å². The van der Waals surface area contributed by atoms with Gasteiger partial charge in [0, 0.05) is 12.1 Å². The highest BCUT2D eigenvalue weighted by atomic mass is 32.1. The number of aromatic nitrogens is 1. The highest BCUT2D eigenvalue weighted by Crippen LogP contribution is 2.28. The maximum absolute atomic E-state index is 12.1. The van der Waals surface area contributed by atoms with Gasteiger partial charge in [0.1, 0.15) is 0 Å². The molecule has 14 heavy (non-hydrogen) atoms. The molecule has 0 fully saturated rings. The van der Waals surface area contributed by atoms with E-state index in [0.29, 0.717) is 6.07 Å². The number of nitro groups is 1. The summed E-state index contributed by atoms with van der Waals surface area (Å²) in [7, 11) is 0. The molecule has 0 spiro atoms. The number of alkyl halides is 3. The smallest absolute Gasteiger partial charge is 0.358 e. The zero-order valence-electron chi connectivity index (χ0n) is 6.46. The highest BCUT2D eigenvalue weighted by molar-refractivity contribution is 7.71. The molecular weight excluding hydrogens is 221 g/mol. The lowest BCUT2D eigenvalue weighted by Crippen LogP contribution is -2.09. The number of rotatable bonds is 1. The zero-order chi connectivity index (χ0) is 10.9. The van der Waals surface area contributed by atoms with Crippen molar-refractivity contribution in [2.45, 2.75) is 6.18 Å². The molecule has 0 unspecified atom stereocenters. The standard InChI is InChI=1S/C6H3F3N2O2S/c7-6(8,9)4-1-3(14)2-5(10-4)11(12)13/h1-2H,(H,10,14). The first-order valence-corrected chi connectivity index (χ1v) is 3.67. The number of H-pyrrole nitrogens is 1. The minimum Gasteiger partial charge on any atom is -0.358 e. The second-order valence-electron chi connectivity index (χ2n) is 2.37. The second-order valence-corrected chi connectivity index (χ2v) is 2.84. The molecule has 1 aromatic rings. The Morgan fingerprint density at radius 2 is 2.00 bits per heavy atom. The quantitative estimate of drug-likeness (QED) is 0.453. The minimum atomic E-state index is -4.67. The lowest BCUT2D eigenvalue weighted by molar-refractivity contribution is -0.390. The van der Waals surface area contributed by atoms with Gasteiger partial charge in [-0.25, -0.2) is 4.98 Å². The van der Waals surface area contributed by atoms with Crippen LogP contribution in [0.1, 0.15) is 5.69 Å². The molecule has 0 aromatic carbocycles. The van der Waals surface area contributed by atoms with Gasteiger partial charge in [0.25, 0.3) is 0 Å². The average molecular weight is 224 g/mol. The molecule has 1 N–H and O–H groups in total. The molecule has 8 heteroatoms. The summed E-state index contributed by atoms with van der Waals surface area (Å²) < 4.78 is 36.1. The number of nitrogens with one attached hydrogen (secondary N) is 1. The lowest BCUT2D eigenvalue weighted by atomic mass is 10.3. The molecule has 0 bridgehead atoms. The molecule has 0 saturated carbocycles. The topological polar surface area (TPSA) is 58.9 Å². The maximum Gasteiger partial charge on any atom is 0.453 e. The van der Waals surface area contributed by atoms with Crippen LogP contribution in [0.5, 0.6) is 0 Å². The van der Waals surface area contributed by atoms with Crippen LogP contribution >= 0.6 is 12.2 Å². The molecule has 0 aliphatic rings. The third kappa shape index (κ3) is 2.28. The van der Waals surface area contributed by atoms with E-state index in [2.05, 4.69) is 12.2 Å². The third-order valence-corrected chi connectivity index (χ3v) is 1.57. The van der Waals surface area contributed by atoms with Crippen molar-refractivity contribution in [3.05, 3.63) is 32.5 Å². The Morgan fingerprint density at radius 1 is 1.43 bits per heavy atom. The fraction of sp³-hybridized carbons (Fsp3) is 0.167. The van der Waals surface area contributed by atoms with Crippen LogP contribution < -0.4 is 0 Å². The monoisotopic (exact) mass is 224 g/mol. The summed E-state index contributed by atoms with van der Waals surface area (Å²) in [6.07, 6.45) is -4.67. The molecule has 0 saturated heterocycles. The summed E-state index contributed by atoms with van der Waals surface area (Å²) in [6, 6.07) is 1.48. The van der Waals surface area contributed by atoms with Crippen molar-refractivity contribution in [3.8, 4) is 0 Å². The van der Waals surface area contributed by atoms with Crippen molar-refractivity contribution < 1.29 is 18.1 Å². The van der Waals surface area contributed by atoms with E-state index in [-0.39, 0.29) is 4.51 Å². The number of aromatic amines is 1. The number of hydrogen-bond acceptors (Lipinski definition) is 3. The Kier molecular flexibility index (Phi) is 2.56. The molecule has 4 nitrogen and oxygen atoms in total. The van der Waals surface area contributed by atoms with E-state index in [9.17, 15) is 23.3 Å². The van der Waals surface area contributed by atoms with Gasteiger partial charge >= 0.3 is 12.0 Å². The minimum absolute atomic E-state index is 0.234. The van der Waals surface area contributed by atoms with Crippen molar-refractivity contribution in [1.82, 2.24) is 4.98 Å². The van der Waals surface area contributed by atoms with E-state index in [1.165, 1.54) is 0 Å². The van der Waals surface area contributed by atoms with E-state index in [1.807, 2.05) is 0 Å². The molecular formula is C6H3F3N2O2S. The molecule has 0 radical (unpaired) electrons. The van der Waals surface area contributed by atoms with Gasteiger partial charge < -0.3 is 10.1 Å². The summed E-state index contributed by atoms with van der Waals surface area (Å²) in [5.41, 5.74) is -1.23. The Labute approximate surface area is 80.5 Å². The summed E-state index contributed by atoms with van der Waals surface area (Å²) in [4.78, 5) is 10.9. The average Bonchev–Trinajstić information content (AvgIpc) is 2.01. The molecule has 1 rings (SSSR count).